The lowest BCUT2D eigenvalue weighted by atomic mass is 10.1. The quantitative estimate of drug-likeness (QED) is 0.894. The van der Waals surface area contributed by atoms with Gasteiger partial charge in [0.25, 0.3) is 5.91 Å². The van der Waals surface area contributed by atoms with Crippen molar-refractivity contribution >= 4 is 34.9 Å². The third kappa shape index (κ3) is 4.21. The van der Waals surface area contributed by atoms with E-state index in [2.05, 4.69) is 22.2 Å². The van der Waals surface area contributed by atoms with Crippen molar-refractivity contribution in [3.05, 3.63) is 70.1 Å². The van der Waals surface area contributed by atoms with E-state index < -0.39 is 0 Å². The predicted molar refractivity (Wildman–Crippen MR) is 85.7 cm³/mol. The van der Waals surface area contributed by atoms with Gasteiger partial charge in [-0.15, -0.1) is 0 Å². The molecule has 0 radical (unpaired) electrons. The summed E-state index contributed by atoms with van der Waals surface area (Å²) >= 11 is 11.8. The van der Waals surface area contributed by atoms with Crippen LogP contribution in [0.5, 0.6) is 0 Å². The molecule has 1 aromatic heterocycles. The average molecular weight is 322 g/mol. The van der Waals surface area contributed by atoms with Crippen LogP contribution >= 0.6 is 23.2 Å². The van der Waals surface area contributed by atoms with Gasteiger partial charge in [0.05, 0.1) is 15.6 Å². The van der Waals surface area contributed by atoms with Crippen molar-refractivity contribution in [3.8, 4) is 0 Å². The number of aromatic nitrogens is 1. The minimum absolute atomic E-state index is 0.298. The Hall–Kier alpha value is -2.04. The molecule has 2 aromatic rings. The van der Waals surface area contributed by atoms with Crippen LogP contribution in [0.1, 0.15) is 15.9 Å². The molecule has 1 heterocycles. The van der Waals surface area contributed by atoms with Gasteiger partial charge in [0.1, 0.15) is 11.6 Å². The number of amides is 1. The van der Waals surface area contributed by atoms with Crippen LogP contribution < -0.4 is 10.6 Å². The molecule has 0 aliphatic carbocycles. The largest absolute Gasteiger partial charge is 0.327 e. The van der Waals surface area contributed by atoms with Crippen molar-refractivity contribution in [3.63, 3.8) is 0 Å². The first-order chi connectivity index (χ1) is 9.95. The minimum Gasteiger partial charge on any atom is -0.327 e. The van der Waals surface area contributed by atoms with Gasteiger partial charge in [-0.25, -0.2) is 4.98 Å². The van der Waals surface area contributed by atoms with Crippen molar-refractivity contribution in [1.82, 2.24) is 10.3 Å². The number of aryl methyl sites for hydroxylation is 1. The summed E-state index contributed by atoms with van der Waals surface area (Å²) in [6.45, 7) is 5.63. The Kier molecular flexibility index (Phi) is 4.83. The SMILES string of the molecule is C=C(NC(=O)c1ccc(C)cc1Cl)Nc1ccc(Cl)cn1. The van der Waals surface area contributed by atoms with Crippen molar-refractivity contribution in [2.45, 2.75) is 6.92 Å². The molecule has 1 aromatic carbocycles. The highest BCUT2D eigenvalue weighted by Crippen LogP contribution is 2.18. The first-order valence-corrected chi connectivity index (χ1v) is 6.86. The molecule has 0 fully saturated rings. The lowest BCUT2D eigenvalue weighted by molar-refractivity contribution is 0.0966. The Morgan fingerprint density at radius 3 is 2.62 bits per heavy atom. The summed E-state index contributed by atoms with van der Waals surface area (Å²) in [4.78, 5) is 16.1. The molecule has 0 bridgehead atoms. The van der Waals surface area contributed by atoms with E-state index in [0.29, 0.717) is 27.2 Å². The van der Waals surface area contributed by atoms with Crippen molar-refractivity contribution in [2.24, 2.45) is 0 Å². The lowest BCUT2D eigenvalue weighted by Crippen LogP contribution is -2.26. The number of rotatable bonds is 4. The van der Waals surface area contributed by atoms with Crippen LogP contribution in [0.2, 0.25) is 10.0 Å². The van der Waals surface area contributed by atoms with Crippen molar-refractivity contribution < 1.29 is 4.79 Å². The number of carbonyl (C=O) groups is 1. The first kappa shape index (κ1) is 15.4. The number of anilines is 1. The third-order valence-corrected chi connectivity index (χ3v) is 3.18. The molecular weight excluding hydrogens is 309 g/mol. The fourth-order valence-corrected chi connectivity index (χ4v) is 2.08. The van der Waals surface area contributed by atoms with E-state index in [1.807, 2.05) is 13.0 Å². The van der Waals surface area contributed by atoms with Crippen LogP contribution in [0.3, 0.4) is 0 Å². The Morgan fingerprint density at radius 2 is 2.00 bits per heavy atom. The third-order valence-electron chi connectivity index (χ3n) is 2.64. The van der Waals surface area contributed by atoms with Crippen LogP contribution in [-0.2, 0) is 0 Å². The average Bonchev–Trinajstić information content (AvgIpc) is 2.41. The van der Waals surface area contributed by atoms with Crippen LogP contribution in [0.25, 0.3) is 0 Å². The highest BCUT2D eigenvalue weighted by Gasteiger charge is 2.11. The van der Waals surface area contributed by atoms with E-state index in [1.54, 1.807) is 24.3 Å². The highest BCUT2D eigenvalue weighted by atomic mass is 35.5. The summed E-state index contributed by atoms with van der Waals surface area (Å²) in [5.41, 5.74) is 1.37. The second kappa shape index (κ2) is 6.61. The molecule has 4 nitrogen and oxygen atoms in total. The molecule has 6 heteroatoms. The Labute approximate surface area is 132 Å². The molecular formula is C15H13Cl2N3O. The number of nitrogens with one attached hydrogen (secondary N) is 2. The molecule has 0 spiro atoms. The molecule has 2 N–H and O–H groups in total. The molecule has 0 saturated carbocycles. The maximum atomic E-state index is 12.1. The molecule has 0 saturated heterocycles. The van der Waals surface area contributed by atoms with E-state index in [-0.39, 0.29) is 5.91 Å². The second-order valence-corrected chi connectivity index (χ2v) is 5.25. The van der Waals surface area contributed by atoms with Gasteiger partial charge < -0.3 is 10.6 Å². The molecule has 0 aliphatic heterocycles. The van der Waals surface area contributed by atoms with E-state index in [9.17, 15) is 4.79 Å². The molecule has 108 valence electrons. The second-order valence-electron chi connectivity index (χ2n) is 4.40. The van der Waals surface area contributed by atoms with E-state index in [4.69, 9.17) is 23.2 Å². The van der Waals surface area contributed by atoms with E-state index >= 15 is 0 Å². The summed E-state index contributed by atoms with van der Waals surface area (Å²) in [5, 5.41) is 6.40. The van der Waals surface area contributed by atoms with E-state index in [0.717, 1.165) is 5.56 Å². The monoisotopic (exact) mass is 321 g/mol. The fraction of sp³-hybridized carbons (Fsp3) is 0.0667. The lowest BCUT2D eigenvalue weighted by Gasteiger charge is -2.11. The summed E-state index contributed by atoms with van der Waals surface area (Å²) < 4.78 is 0. The van der Waals surface area contributed by atoms with E-state index in [1.165, 1.54) is 6.20 Å². The van der Waals surface area contributed by atoms with Gasteiger partial charge in [-0.3, -0.25) is 4.79 Å². The molecule has 2 rings (SSSR count). The van der Waals surface area contributed by atoms with Gasteiger partial charge in [-0.1, -0.05) is 35.8 Å². The van der Waals surface area contributed by atoms with Crippen LogP contribution in [0, 0.1) is 6.92 Å². The number of hydrogen-bond acceptors (Lipinski definition) is 3. The van der Waals surface area contributed by atoms with Gasteiger partial charge in [-0.05, 0) is 36.8 Å². The molecule has 0 unspecified atom stereocenters. The summed E-state index contributed by atoms with van der Waals surface area (Å²) in [5.74, 6) is 0.484. The van der Waals surface area contributed by atoms with Gasteiger partial charge >= 0.3 is 0 Å². The van der Waals surface area contributed by atoms with Crippen LogP contribution in [0.15, 0.2) is 48.9 Å². The molecule has 1 amide bonds. The van der Waals surface area contributed by atoms with Gasteiger partial charge in [0, 0.05) is 6.20 Å². The maximum Gasteiger partial charge on any atom is 0.258 e. The fourth-order valence-electron chi connectivity index (χ4n) is 1.64. The predicted octanol–water partition coefficient (Wildman–Crippen LogP) is 4.01. The zero-order valence-electron chi connectivity index (χ0n) is 11.3. The zero-order chi connectivity index (χ0) is 15.4. The standard InChI is InChI=1S/C15H13Cl2N3O/c1-9-3-5-12(13(17)7-9)15(21)20-10(2)19-14-6-4-11(16)8-18-14/h3-8H,2H2,1H3,(H,18,19)(H,20,21). The molecule has 0 aliphatic rings. The number of benzene rings is 1. The first-order valence-electron chi connectivity index (χ1n) is 6.10. The number of carbonyl (C=O) groups excluding carboxylic acids is 1. The smallest absolute Gasteiger partial charge is 0.258 e. The Balaban J connectivity index is 2.02. The van der Waals surface area contributed by atoms with Crippen LogP contribution in [0.4, 0.5) is 5.82 Å². The number of pyridine rings is 1. The number of halogens is 2. The van der Waals surface area contributed by atoms with Crippen molar-refractivity contribution in [1.29, 1.82) is 0 Å². The summed E-state index contributed by atoms with van der Waals surface area (Å²) in [7, 11) is 0. The molecule has 21 heavy (non-hydrogen) atoms. The summed E-state index contributed by atoms with van der Waals surface area (Å²) in [6, 6.07) is 8.58. The molecule has 0 atom stereocenters. The number of hydrogen-bond donors (Lipinski definition) is 2. The van der Waals surface area contributed by atoms with Crippen LogP contribution in [-0.4, -0.2) is 10.9 Å². The topological polar surface area (TPSA) is 54.0 Å². The Morgan fingerprint density at radius 1 is 1.24 bits per heavy atom. The summed E-state index contributed by atoms with van der Waals surface area (Å²) in [6.07, 6.45) is 1.50. The van der Waals surface area contributed by atoms with Gasteiger partial charge in [-0.2, -0.15) is 0 Å². The van der Waals surface area contributed by atoms with Crippen molar-refractivity contribution in [2.75, 3.05) is 5.32 Å². The number of nitrogens with zero attached hydrogens (tertiary/aromatic N) is 1. The highest BCUT2D eigenvalue weighted by molar-refractivity contribution is 6.34. The maximum absolute atomic E-state index is 12.1. The van der Waals surface area contributed by atoms with Gasteiger partial charge in [0.2, 0.25) is 0 Å². The minimum atomic E-state index is -0.341. The zero-order valence-corrected chi connectivity index (χ0v) is 12.8. The normalized spacial score (nSPS) is 10.0. The van der Waals surface area contributed by atoms with Gasteiger partial charge in [0.15, 0.2) is 0 Å². The Bertz CT molecular complexity index is 684.